The molecule has 1 fully saturated rings. The van der Waals surface area contributed by atoms with Gasteiger partial charge in [-0.3, -0.25) is 14.5 Å². The van der Waals surface area contributed by atoms with E-state index in [1.165, 1.54) is 16.7 Å². The minimum absolute atomic E-state index is 0.0901. The third-order valence-electron chi connectivity index (χ3n) is 6.71. The summed E-state index contributed by atoms with van der Waals surface area (Å²) in [6.07, 6.45) is 0. The fourth-order valence-corrected chi connectivity index (χ4v) is 7.19. The normalized spacial score (nSPS) is 17.4. The van der Waals surface area contributed by atoms with Crippen LogP contribution in [0.25, 0.3) is 5.76 Å². The highest BCUT2D eigenvalue weighted by Crippen LogP contribution is 2.45. The zero-order chi connectivity index (χ0) is 30.1. The molecule has 0 radical (unpaired) electrons. The summed E-state index contributed by atoms with van der Waals surface area (Å²) in [6, 6.07) is 16.2. The molecule has 220 valence electrons. The molecule has 2 aliphatic rings. The van der Waals surface area contributed by atoms with Crippen LogP contribution in [0.15, 0.2) is 70.6 Å². The third kappa shape index (κ3) is 5.90. The molecule has 1 amide bonds. The van der Waals surface area contributed by atoms with E-state index in [4.69, 9.17) is 37.4 Å². The van der Waals surface area contributed by atoms with Crippen LogP contribution in [0, 0.1) is 0 Å². The second kappa shape index (κ2) is 12.5. The molecule has 1 aromatic heterocycles. The van der Waals surface area contributed by atoms with Gasteiger partial charge in [0.1, 0.15) is 24.7 Å². The van der Waals surface area contributed by atoms with E-state index in [1.54, 1.807) is 54.6 Å². The molecule has 6 rings (SSSR count). The largest absolute Gasteiger partial charge is 0.507 e. The van der Waals surface area contributed by atoms with E-state index in [1.807, 2.05) is 13.0 Å². The van der Waals surface area contributed by atoms with Gasteiger partial charge in [-0.1, -0.05) is 64.5 Å². The van der Waals surface area contributed by atoms with Gasteiger partial charge in [0.15, 0.2) is 15.8 Å². The number of rotatable bonds is 8. The van der Waals surface area contributed by atoms with Crippen molar-refractivity contribution in [2.75, 3.05) is 24.7 Å². The molecule has 4 aromatic rings. The van der Waals surface area contributed by atoms with Gasteiger partial charge in [-0.15, -0.1) is 10.2 Å². The maximum absolute atomic E-state index is 13.6. The average molecular weight is 657 g/mol. The quantitative estimate of drug-likeness (QED) is 0.0710. The highest BCUT2D eigenvalue weighted by molar-refractivity contribution is 8.00. The van der Waals surface area contributed by atoms with Crippen LogP contribution in [-0.2, 0) is 15.3 Å². The lowest BCUT2D eigenvalue weighted by atomic mass is 9.95. The van der Waals surface area contributed by atoms with E-state index in [2.05, 4.69) is 10.2 Å². The molecule has 3 aromatic carbocycles. The molecule has 0 unspecified atom stereocenters. The fraction of sp³-hybridized carbons (Fsp3) is 0.200. The van der Waals surface area contributed by atoms with Gasteiger partial charge in [-0.05, 0) is 60.5 Å². The number of halogens is 2. The van der Waals surface area contributed by atoms with E-state index in [0.29, 0.717) is 68.3 Å². The monoisotopic (exact) mass is 655 g/mol. The van der Waals surface area contributed by atoms with Crippen LogP contribution in [-0.4, -0.2) is 46.8 Å². The van der Waals surface area contributed by atoms with Crippen LogP contribution in [0.2, 0.25) is 10.0 Å². The molecule has 3 heterocycles. The number of thioether (sulfide) groups is 1. The van der Waals surface area contributed by atoms with E-state index in [9.17, 15) is 14.7 Å². The molecular weight excluding hydrogens is 633 g/mol. The van der Waals surface area contributed by atoms with Crippen molar-refractivity contribution in [3.05, 3.63) is 93.0 Å². The zero-order valence-corrected chi connectivity index (χ0v) is 25.7. The Balaban J connectivity index is 1.39. The van der Waals surface area contributed by atoms with E-state index in [-0.39, 0.29) is 16.5 Å². The molecule has 1 atom stereocenters. The van der Waals surface area contributed by atoms with Crippen molar-refractivity contribution < 1.29 is 28.9 Å². The van der Waals surface area contributed by atoms with Gasteiger partial charge in [-0.25, -0.2) is 0 Å². The molecule has 43 heavy (non-hydrogen) atoms. The van der Waals surface area contributed by atoms with Gasteiger partial charge < -0.3 is 19.3 Å². The smallest absolute Gasteiger partial charge is 0.301 e. The van der Waals surface area contributed by atoms with Crippen molar-refractivity contribution in [3.63, 3.8) is 0 Å². The van der Waals surface area contributed by atoms with Crippen molar-refractivity contribution in [1.82, 2.24) is 10.2 Å². The second-order valence-electron chi connectivity index (χ2n) is 9.41. The number of amides is 1. The van der Waals surface area contributed by atoms with Crippen molar-refractivity contribution >= 4 is 68.9 Å². The lowest BCUT2D eigenvalue weighted by molar-refractivity contribution is -0.132. The number of fused-ring (bicyclic) bond motifs is 1. The number of carbonyl (C=O) groups is 2. The van der Waals surface area contributed by atoms with E-state index >= 15 is 0 Å². The Labute approximate surface area is 265 Å². The van der Waals surface area contributed by atoms with Crippen LogP contribution in [0.3, 0.4) is 0 Å². The highest BCUT2D eigenvalue weighted by atomic mass is 35.5. The molecule has 9 nitrogen and oxygen atoms in total. The first-order chi connectivity index (χ1) is 20.8. The Hall–Kier alpha value is -3.77. The molecule has 0 bridgehead atoms. The maximum Gasteiger partial charge on any atom is 0.301 e. The zero-order valence-electron chi connectivity index (χ0n) is 22.6. The minimum atomic E-state index is -0.995. The summed E-state index contributed by atoms with van der Waals surface area (Å²) in [7, 11) is 0. The summed E-state index contributed by atoms with van der Waals surface area (Å²) in [5.41, 5.74) is 1.64. The summed E-state index contributed by atoms with van der Waals surface area (Å²) in [5.74, 6) is -0.0165. The van der Waals surface area contributed by atoms with Gasteiger partial charge >= 0.3 is 5.91 Å². The number of nitrogens with zero attached hydrogens (tertiary/aromatic N) is 3. The summed E-state index contributed by atoms with van der Waals surface area (Å²) >= 11 is 14.9. The standard InChI is InChI=1S/C30H23Cl2N3O6S2/c1-2-39-20-5-3-4-16(12-20)25-24(26(36)17-7-9-22-23(13-17)41-11-10-40-22)27(37)28(38)35(25)29-33-34-30(43-29)42-15-18-6-8-19(31)14-21(18)32/h3-9,12-14,25,36H,2,10-11,15H2,1H3/b26-24+/t25-/m0/s1. The number of hydrogen-bond donors (Lipinski definition) is 1. The number of ether oxygens (including phenoxy) is 3. The van der Waals surface area contributed by atoms with Gasteiger partial charge in [0, 0.05) is 21.4 Å². The topological polar surface area (TPSA) is 111 Å². The number of hydrogen-bond acceptors (Lipinski definition) is 10. The number of carbonyl (C=O) groups excluding carboxylic acids is 2. The molecule has 0 saturated carbocycles. The first kappa shape index (κ1) is 29.3. The number of aromatic nitrogens is 2. The Kier molecular flexibility index (Phi) is 8.49. The first-order valence-corrected chi connectivity index (χ1v) is 15.7. The number of Topliss-reactive ketones (excluding diaryl/α,β-unsaturated/α-hetero) is 1. The van der Waals surface area contributed by atoms with Crippen LogP contribution in [0.1, 0.15) is 29.7 Å². The van der Waals surface area contributed by atoms with Gasteiger partial charge in [0.05, 0.1) is 18.2 Å². The molecule has 0 aliphatic carbocycles. The Bertz CT molecular complexity index is 1760. The predicted molar refractivity (Wildman–Crippen MR) is 166 cm³/mol. The van der Waals surface area contributed by atoms with E-state index < -0.39 is 17.7 Å². The Morgan fingerprint density at radius 1 is 1.07 bits per heavy atom. The maximum atomic E-state index is 13.6. The van der Waals surface area contributed by atoms with Gasteiger partial charge in [0.25, 0.3) is 5.78 Å². The molecule has 2 aliphatic heterocycles. The van der Waals surface area contributed by atoms with Gasteiger partial charge in [0.2, 0.25) is 5.13 Å². The lowest BCUT2D eigenvalue weighted by Gasteiger charge is -2.23. The summed E-state index contributed by atoms with van der Waals surface area (Å²) in [5, 5.41) is 21.3. The van der Waals surface area contributed by atoms with Crippen LogP contribution >= 0.6 is 46.3 Å². The van der Waals surface area contributed by atoms with Gasteiger partial charge in [-0.2, -0.15) is 0 Å². The summed E-state index contributed by atoms with van der Waals surface area (Å²) in [6.45, 7) is 3.05. The van der Waals surface area contributed by atoms with Crippen molar-refractivity contribution in [2.45, 2.75) is 23.1 Å². The number of aliphatic hydroxyl groups excluding tert-OH is 1. The predicted octanol–water partition coefficient (Wildman–Crippen LogP) is 6.93. The van der Waals surface area contributed by atoms with Crippen LogP contribution in [0.5, 0.6) is 17.2 Å². The van der Waals surface area contributed by atoms with Crippen LogP contribution in [0.4, 0.5) is 5.13 Å². The van der Waals surface area contributed by atoms with Crippen molar-refractivity contribution in [3.8, 4) is 17.2 Å². The lowest BCUT2D eigenvalue weighted by Crippen LogP contribution is -2.29. The minimum Gasteiger partial charge on any atom is -0.507 e. The summed E-state index contributed by atoms with van der Waals surface area (Å²) in [4.78, 5) is 28.5. The molecular formula is C30H23Cl2N3O6S2. The molecule has 1 N–H and O–H groups in total. The highest BCUT2D eigenvalue weighted by Gasteiger charge is 2.48. The second-order valence-corrected chi connectivity index (χ2v) is 12.4. The third-order valence-corrected chi connectivity index (χ3v) is 9.40. The SMILES string of the molecule is CCOc1cccc([C@H]2/C(=C(\O)c3ccc4c(c3)OCCO4)C(=O)C(=O)N2c2nnc(SCc3ccc(Cl)cc3Cl)s2)c1. The fourth-order valence-electron chi connectivity index (χ4n) is 4.77. The van der Waals surface area contributed by atoms with Crippen molar-refractivity contribution in [1.29, 1.82) is 0 Å². The molecule has 1 saturated heterocycles. The molecule has 13 heteroatoms. The average Bonchev–Trinajstić information content (AvgIpc) is 3.58. The Morgan fingerprint density at radius 3 is 2.67 bits per heavy atom. The number of anilines is 1. The number of benzene rings is 3. The molecule has 0 spiro atoms. The number of aliphatic hydroxyl groups is 1. The first-order valence-electron chi connectivity index (χ1n) is 13.2. The van der Waals surface area contributed by atoms with E-state index in [0.717, 1.165) is 16.9 Å². The van der Waals surface area contributed by atoms with Crippen molar-refractivity contribution in [2.24, 2.45) is 0 Å². The summed E-state index contributed by atoms with van der Waals surface area (Å²) < 4.78 is 17.5. The Morgan fingerprint density at radius 2 is 1.88 bits per heavy atom. The van der Waals surface area contributed by atoms with Crippen LogP contribution < -0.4 is 19.1 Å². The number of ketones is 1.